The molecule has 0 radical (unpaired) electrons. The third-order valence-electron chi connectivity index (χ3n) is 8.18. The van der Waals surface area contributed by atoms with Crippen molar-refractivity contribution in [3.63, 3.8) is 0 Å². The van der Waals surface area contributed by atoms with E-state index >= 15 is 0 Å². The number of rotatable bonds is 7. The van der Waals surface area contributed by atoms with Gasteiger partial charge in [0.15, 0.2) is 0 Å². The monoisotopic (exact) mass is 622 g/mol. The van der Waals surface area contributed by atoms with E-state index in [1.165, 1.54) is 0 Å². The third kappa shape index (κ3) is 6.88. The van der Waals surface area contributed by atoms with Gasteiger partial charge >= 0.3 is 6.03 Å². The Morgan fingerprint density at radius 2 is 1.55 bits per heavy atom. The van der Waals surface area contributed by atoms with Crippen molar-refractivity contribution in [2.75, 3.05) is 11.9 Å². The fourth-order valence-corrected chi connectivity index (χ4v) is 6.59. The predicted octanol–water partition coefficient (Wildman–Crippen LogP) is 8.49. The Kier molecular flexibility index (Phi) is 9.10. The molecule has 5 aromatic rings. The van der Waals surface area contributed by atoms with Gasteiger partial charge in [-0.25, -0.2) is 4.79 Å². The first-order valence-electron chi connectivity index (χ1n) is 14.7. The number of halogens is 2. The number of nitrogens with zero attached hydrogens (tertiary/aromatic N) is 3. The van der Waals surface area contributed by atoms with Crippen LogP contribution in [-0.4, -0.2) is 45.4 Å². The number of nitrogens with one attached hydrogen (secondary N) is 1. The van der Waals surface area contributed by atoms with Crippen LogP contribution in [0, 0.1) is 0 Å². The van der Waals surface area contributed by atoms with Crippen LogP contribution >= 0.6 is 23.2 Å². The largest absolute Gasteiger partial charge is 0.335 e. The summed E-state index contributed by atoms with van der Waals surface area (Å²) in [5.41, 5.74) is 4.22. The lowest BCUT2D eigenvalue weighted by molar-refractivity contribution is 0.0487. The Hall–Kier alpha value is -4.39. The average Bonchev–Trinajstić information content (AvgIpc) is 3.04. The average molecular weight is 624 g/mol. The summed E-state index contributed by atoms with van der Waals surface area (Å²) in [7, 11) is 0. The van der Waals surface area contributed by atoms with Gasteiger partial charge < -0.3 is 15.1 Å². The molecule has 6 nitrogen and oxygen atoms in total. The van der Waals surface area contributed by atoms with Gasteiger partial charge in [-0.1, -0.05) is 89.9 Å². The first-order valence-corrected chi connectivity index (χ1v) is 15.5. The van der Waals surface area contributed by atoms with E-state index in [4.69, 9.17) is 23.2 Å². The maximum Gasteiger partial charge on any atom is 0.322 e. The maximum atomic E-state index is 14.0. The molecular formula is C36H32Cl2N4O2. The number of amides is 3. The van der Waals surface area contributed by atoms with E-state index in [0.29, 0.717) is 48.0 Å². The van der Waals surface area contributed by atoms with E-state index in [0.717, 1.165) is 27.7 Å². The van der Waals surface area contributed by atoms with Crippen molar-refractivity contribution in [3.05, 3.63) is 142 Å². The topological polar surface area (TPSA) is 65.5 Å². The summed E-state index contributed by atoms with van der Waals surface area (Å²) in [4.78, 5) is 36.3. The number of carbonyl (C=O) groups excluding carboxylic acids is 2. The molecule has 0 saturated carbocycles. The number of likely N-dealkylation sites (tertiary alicyclic amines) is 1. The minimum atomic E-state index is -0.179. The smallest absolute Gasteiger partial charge is 0.322 e. The molecule has 0 aliphatic carbocycles. The Morgan fingerprint density at radius 3 is 2.30 bits per heavy atom. The van der Waals surface area contributed by atoms with Crippen LogP contribution in [0.15, 0.2) is 115 Å². The molecule has 222 valence electrons. The lowest BCUT2D eigenvalue weighted by atomic mass is 9.90. The fourth-order valence-electron chi connectivity index (χ4n) is 6.06. The standard InChI is InChI=1S/C36H32Cl2N4O2/c37-28-20-27(21-29(38)22-28)35(43)41-18-16-31(23-32(41)19-25-9-3-1-4-10-25)42(36(44)40-30-11-5-2-6-12-30)24-26-15-17-39-34-14-8-7-13-33(26)34/h1-15,17,20-22,31-32H,16,18-19,23-24H2,(H,40,44)/t31-,32+/m0/s1. The zero-order valence-electron chi connectivity index (χ0n) is 24.1. The molecule has 1 N–H and O–H groups in total. The summed E-state index contributed by atoms with van der Waals surface area (Å²) in [5, 5.41) is 4.96. The number of benzene rings is 4. The van der Waals surface area contributed by atoms with Gasteiger partial charge in [0.05, 0.1) is 5.52 Å². The molecule has 2 heterocycles. The number of carbonyl (C=O) groups is 2. The van der Waals surface area contributed by atoms with Crippen molar-refractivity contribution in [1.82, 2.24) is 14.8 Å². The fraction of sp³-hybridized carbons (Fsp3) is 0.194. The summed E-state index contributed by atoms with van der Waals surface area (Å²) in [6.07, 6.45) is 3.68. The molecule has 1 aliphatic rings. The highest BCUT2D eigenvalue weighted by atomic mass is 35.5. The van der Waals surface area contributed by atoms with Crippen LogP contribution in [0.2, 0.25) is 10.0 Å². The van der Waals surface area contributed by atoms with Crippen LogP contribution in [0.1, 0.15) is 34.3 Å². The molecule has 8 heteroatoms. The third-order valence-corrected chi connectivity index (χ3v) is 8.62. The van der Waals surface area contributed by atoms with Gasteiger partial charge in [-0.2, -0.15) is 0 Å². The Bertz CT molecular complexity index is 1740. The van der Waals surface area contributed by atoms with Gasteiger partial charge in [0.25, 0.3) is 5.91 Å². The van der Waals surface area contributed by atoms with Crippen molar-refractivity contribution >= 4 is 51.7 Å². The summed E-state index contributed by atoms with van der Waals surface area (Å²) >= 11 is 12.5. The number of aromatic nitrogens is 1. The zero-order valence-corrected chi connectivity index (χ0v) is 25.6. The molecule has 3 amide bonds. The van der Waals surface area contributed by atoms with Crippen molar-refractivity contribution in [2.24, 2.45) is 0 Å². The van der Waals surface area contributed by atoms with Crippen molar-refractivity contribution in [3.8, 4) is 0 Å². The first kappa shape index (κ1) is 29.7. The van der Waals surface area contributed by atoms with E-state index in [1.54, 1.807) is 24.4 Å². The van der Waals surface area contributed by atoms with Crippen LogP contribution < -0.4 is 5.32 Å². The van der Waals surface area contributed by atoms with Gasteiger partial charge in [0.1, 0.15) is 0 Å². The highest BCUT2D eigenvalue weighted by molar-refractivity contribution is 6.35. The minimum Gasteiger partial charge on any atom is -0.335 e. The van der Waals surface area contributed by atoms with Crippen LogP contribution in [0.4, 0.5) is 10.5 Å². The zero-order chi connectivity index (χ0) is 30.5. The van der Waals surface area contributed by atoms with Crippen molar-refractivity contribution < 1.29 is 9.59 Å². The number of piperidine rings is 1. The van der Waals surface area contributed by atoms with Crippen LogP contribution in [0.5, 0.6) is 0 Å². The SMILES string of the molecule is O=C(Nc1ccccc1)N(Cc1ccnc2ccccc12)[C@H]1CCN(C(=O)c2cc(Cl)cc(Cl)c2)[C@H](Cc2ccccc2)C1. The Morgan fingerprint density at radius 1 is 0.864 bits per heavy atom. The summed E-state index contributed by atoms with van der Waals surface area (Å²) in [5.74, 6) is -0.116. The number of fused-ring (bicyclic) bond motifs is 1. The molecule has 1 saturated heterocycles. The number of pyridine rings is 1. The number of urea groups is 1. The minimum absolute atomic E-state index is 0.116. The van der Waals surface area contributed by atoms with Gasteiger partial charge in [-0.05, 0) is 72.9 Å². The van der Waals surface area contributed by atoms with Crippen LogP contribution in [0.3, 0.4) is 0 Å². The second-order valence-electron chi connectivity index (χ2n) is 11.1. The molecule has 2 atom stereocenters. The van der Waals surface area contributed by atoms with E-state index in [9.17, 15) is 9.59 Å². The van der Waals surface area contributed by atoms with E-state index < -0.39 is 0 Å². The lowest BCUT2D eigenvalue weighted by Gasteiger charge is -2.44. The molecular weight excluding hydrogens is 591 g/mol. The van der Waals surface area contributed by atoms with Gasteiger partial charge in [0, 0.05) is 58.1 Å². The van der Waals surface area contributed by atoms with Crippen LogP contribution in [-0.2, 0) is 13.0 Å². The maximum absolute atomic E-state index is 14.0. The highest BCUT2D eigenvalue weighted by Crippen LogP contribution is 2.30. The summed E-state index contributed by atoms with van der Waals surface area (Å²) in [6.45, 7) is 0.889. The van der Waals surface area contributed by atoms with Crippen molar-refractivity contribution in [1.29, 1.82) is 0 Å². The van der Waals surface area contributed by atoms with E-state index in [1.807, 2.05) is 88.7 Å². The second kappa shape index (κ2) is 13.5. The van der Waals surface area contributed by atoms with Gasteiger partial charge in [-0.3, -0.25) is 9.78 Å². The summed E-state index contributed by atoms with van der Waals surface area (Å²) in [6, 6.07) is 34.1. The quantitative estimate of drug-likeness (QED) is 0.198. The normalized spacial score (nSPS) is 16.5. The molecule has 6 rings (SSSR count). The molecule has 44 heavy (non-hydrogen) atoms. The molecule has 1 fully saturated rings. The van der Waals surface area contributed by atoms with E-state index in [2.05, 4.69) is 22.4 Å². The van der Waals surface area contributed by atoms with Gasteiger partial charge in [-0.15, -0.1) is 0 Å². The molecule has 1 aromatic heterocycles. The molecule has 0 spiro atoms. The number of para-hydroxylation sites is 2. The van der Waals surface area contributed by atoms with Crippen molar-refractivity contribution in [2.45, 2.75) is 37.9 Å². The predicted molar refractivity (Wildman–Crippen MR) is 177 cm³/mol. The second-order valence-corrected chi connectivity index (χ2v) is 12.0. The number of hydrogen-bond donors (Lipinski definition) is 1. The lowest BCUT2D eigenvalue weighted by Crippen LogP contribution is -2.54. The highest BCUT2D eigenvalue weighted by Gasteiger charge is 2.37. The Labute approximate surface area is 267 Å². The number of hydrogen-bond acceptors (Lipinski definition) is 3. The summed E-state index contributed by atoms with van der Waals surface area (Å²) < 4.78 is 0. The van der Waals surface area contributed by atoms with Crippen LogP contribution in [0.25, 0.3) is 10.9 Å². The van der Waals surface area contributed by atoms with E-state index in [-0.39, 0.29) is 24.0 Å². The molecule has 0 unspecified atom stereocenters. The molecule has 1 aliphatic heterocycles. The first-order chi connectivity index (χ1) is 21.4. The number of anilines is 1. The molecule has 4 aromatic carbocycles. The molecule has 0 bridgehead atoms. The Balaban J connectivity index is 1.33. The van der Waals surface area contributed by atoms with Gasteiger partial charge in [0.2, 0.25) is 0 Å².